The summed E-state index contributed by atoms with van der Waals surface area (Å²) >= 11 is 5.97. The Morgan fingerprint density at radius 3 is 2.78 bits per heavy atom. The van der Waals surface area contributed by atoms with Crippen molar-refractivity contribution in [3.05, 3.63) is 28.8 Å². The van der Waals surface area contributed by atoms with Crippen LogP contribution in [0, 0.1) is 6.92 Å². The van der Waals surface area contributed by atoms with Gasteiger partial charge >= 0.3 is 0 Å². The van der Waals surface area contributed by atoms with Crippen LogP contribution in [0.3, 0.4) is 0 Å². The zero-order valence-corrected chi connectivity index (χ0v) is 12.0. The number of nitrogens with one attached hydrogen (secondary N) is 2. The molecule has 1 atom stereocenters. The molecule has 100 valence electrons. The molecule has 1 aliphatic heterocycles. The molecule has 0 bridgehead atoms. The highest BCUT2D eigenvalue weighted by Crippen LogP contribution is 2.25. The van der Waals surface area contributed by atoms with E-state index in [1.807, 2.05) is 6.92 Å². The first-order valence-electron chi connectivity index (χ1n) is 5.84. The Balaban J connectivity index is 2.34. The molecule has 0 radical (unpaired) electrons. The van der Waals surface area contributed by atoms with E-state index in [1.54, 1.807) is 25.1 Å². The second-order valence-corrected chi connectivity index (χ2v) is 7.01. The maximum Gasteiger partial charge on any atom is 0.241 e. The van der Waals surface area contributed by atoms with Gasteiger partial charge in [0.15, 0.2) is 0 Å². The number of rotatable bonds is 3. The lowest BCUT2D eigenvalue weighted by atomic mass is 10.0. The Bertz CT molecular complexity index is 551. The van der Waals surface area contributed by atoms with Crippen LogP contribution in [0.15, 0.2) is 23.1 Å². The Morgan fingerprint density at radius 2 is 2.17 bits per heavy atom. The first kappa shape index (κ1) is 13.8. The van der Waals surface area contributed by atoms with Crippen LogP contribution in [-0.2, 0) is 10.0 Å². The molecule has 0 saturated carbocycles. The third-order valence-corrected chi connectivity index (χ3v) is 5.45. The number of hydrogen-bond acceptors (Lipinski definition) is 3. The molecule has 1 heterocycles. The molecule has 0 amide bonds. The second-order valence-electron chi connectivity index (χ2n) is 4.96. The van der Waals surface area contributed by atoms with Gasteiger partial charge in [0.25, 0.3) is 0 Å². The molecule has 0 spiro atoms. The SMILES string of the molecule is Cc1c(Cl)cccc1S(=O)(=O)NC1(C)CCNC1. The molecule has 1 aromatic rings. The summed E-state index contributed by atoms with van der Waals surface area (Å²) in [6, 6.07) is 4.92. The van der Waals surface area contributed by atoms with E-state index in [9.17, 15) is 8.42 Å². The van der Waals surface area contributed by atoms with Crippen LogP contribution in [0.1, 0.15) is 18.9 Å². The van der Waals surface area contributed by atoms with Crippen molar-refractivity contribution in [2.24, 2.45) is 0 Å². The molecule has 18 heavy (non-hydrogen) atoms. The lowest BCUT2D eigenvalue weighted by Gasteiger charge is -2.24. The number of halogens is 1. The second kappa shape index (κ2) is 4.81. The summed E-state index contributed by atoms with van der Waals surface area (Å²) in [4.78, 5) is 0.253. The summed E-state index contributed by atoms with van der Waals surface area (Å²) in [5.41, 5.74) is 0.161. The highest BCUT2D eigenvalue weighted by molar-refractivity contribution is 7.89. The van der Waals surface area contributed by atoms with E-state index in [-0.39, 0.29) is 4.90 Å². The summed E-state index contributed by atoms with van der Waals surface area (Å²) in [6.45, 7) is 5.09. The average Bonchev–Trinajstić information content (AvgIpc) is 2.67. The van der Waals surface area contributed by atoms with E-state index in [1.165, 1.54) is 0 Å². The highest BCUT2D eigenvalue weighted by atomic mass is 35.5. The van der Waals surface area contributed by atoms with Gasteiger partial charge < -0.3 is 5.32 Å². The van der Waals surface area contributed by atoms with Crippen molar-refractivity contribution in [1.82, 2.24) is 10.0 Å². The quantitative estimate of drug-likeness (QED) is 0.890. The Hall–Kier alpha value is -0.620. The fraction of sp³-hybridized carbons (Fsp3) is 0.500. The maximum atomic E-state index is 12.4. The van der Waals surface area contributed by atoms with Crippen molar-refractivity contribution >= 4 is 21.6 Å². The predicted molar refractivity (Wildman–Crippen MR) is 72.4 cm³/mol. The molecule has 1 unspecified atom stereocenters. The van der Waals surface area contributed by atoms with Gasteiger partial charge in [0.1, 0.15) is 0 Å². The van der Waals surface area contributed by atoms with E-state index >= 15 is 0 Å². The standard InChI is InChI=1S/C12H17ClN2O2S/c1-9-10(13)4-3-5-11(9)18(16,17)15-12(2)6-7-14-8-12/h3-5,14-15H,6-8H2,1-2H3. The Kier molecular flexibility index (Phi) is 3.69. The summed E-state index contributed by atoms with van der Waals surface area (Å²) < 4.78 is 27.5. The van der Waals surface area contributed by atoms with E-state index in [4.69, 9.17) is 11.6 Å². The maximum absolute atomic E-state index is 12.4. The fourth-order valence-electron chi connectivity index (χ4n) is 2.16. The van der Waals surface area contributed by atoms with Gasteiger partial charge in [-0.1, -0.05) is 17.7 Å². The molecular weight excluding hydrogens is 272 g/mol. The van der Waals surface area contributed by atoms with Crippen LogP contribution in [0.25, 0.3) is 0 Å². The third kappa shape index (κ3) is 2.69. The molecule has 1 fully saturated rings. The Labute approximate surface area is 113 Å². The van der Waals surface area contributed by atoms with Crippen molar-refractivity contribution in [3.8, 4) is 0 Å². The lowest BCUT2D eigenvalue weighted by molar-refractivity contribution is 0.452. The van der Waals surface area contributed by atoms with Gasteiger partial charge in [-0.25, -0.2) is 13.1 Å². The summed E-state index contributed by atoms with van der Waals surface area (Å²) in [5, 5.41) is 3.63. The smallest absolute Gasteiger partial charge is 0.241 e. The predicted octanol–water partition coefficient (Wildman–Crippen LogP) is 1.68. The van der Waals surface area contributed by atoms with Crippen LogP contribution in [0.5, 0.6) is 0 Å². The van der Waals surface area contributed by atoms with E-state index < -0.39 is 15.6 Å². The zero-order chi connectivity index (χ0) is 13.4. The van der Waals surface area contributed by atoms with Crippen LogP contribution in [0.4, 0.5) is 0 Å². The van der Waals surface area contributed by atoms with Crippen LogP contribution >= 0.6 is 11.6 Å². The minimum atomic E-state index is -3.53. The normalized spacial score (nSPS) is 24.4. The molecule has 0 aliphatic carbocycles. The van der Waals surface area contributed by atoms with Gasteiger partial charge in [-0.2, -0.15) is 0 Å². The minimum absolute atomic E-state index is 0.253. The van der Waals surface area contributed by atoms with Crippen LogP contribution in [-0.4, -0.2) is 27.0 Å². The number of hydrogen-bond donors (Lipinski definition) is 2. The van der Waals surface area contributed by atoms with Crippen molar-refractivity contribution in [2.75, 3.05) is 13.1 Å². The minimum Gasteiger partial charge on any atom is -0.315 e. The van der Waals surface area contributed by atoms with E-state index in [2.05, 4.69) is 10.0 Å². The molecule has 4 nitrogen and oxygen atoms in total. The van der Waals surface area contributed by atoms with Crippen molar-refractivity contribution < 1.29 is 8.42 Å². The van der Waals surface area contributed by atoms with Gasteiger partial charge in [0.2, 0.25) is 10.0 Å². The Morgan fingerprint density at radius 1 is 1.44 bits per heavy atom. The van der Waals surface area contributed by atoms with E-state index in [0.717, 1.165) is 13.0 Å². The van der Waals surface area contributed by atoms with Gasteiger partial charge in [0, 0.05) is 17.1 Å². The largest absolute Gasteiger partial charge is 0.315 e. The summed E-state index contributed by atoms with van der Waals surface area (Å²) in [5.74, 6) is 0. The van der Waals surface area contributed by atoms with Gasteiger partial charge in [-0.15, -0.1) is 0 Å². The molecule has 2 N–H and O–H groups in total. The highest BCUT2D eigenvalue weighted by Gasteiger charge is 2.34. The fourth-order valence-corrected chi connectivity index (χ4v) is 4.10. The first-order chi connectivity index (χ1) is 8.34. The van der Waals surface area contributed by atoms with E-state index in [0.29, 0.717) is 17.1 Å². The molecule has 6 heteroatoms. The molecule has 2 rings (SSSR count). The molecule has 0 aromatic heterocycles. The average molecular weight is 289 g/mol. The molecular formula is C12H17ClN2O2S. The van der Waals surface area contributed by atoms with Crippen molar-refractivity contribution in [3.63, 3.8) is 0 Å². The van der Waals surface area contributed by atoms with Crippen LogP contribution < -0.4 is 10.0 Å². The first-order valence-corrected chi connectivity index (χ1v) is 7.70. The third-order valence-electron chi connectivity index (χ3n) is 3.26. The van der Waals surface area contributed by atoms with Gasteiger partial charge in [-0.05, 0) is 44.5 Å². The van der Waals surface area contributed by atoms with Crippen molar-refractivity contribution in [1.29, 1.82) is 0 Å². The van der Waals surface area contributed by atoms with Crippen molar-refractivity contribution in [2.45, 2.75) is 30.7 Å². The zero-order valence-electron chi connectivity index (χ0n) is 10.5. The summed E-state index contributed by atoms with van der Waals surface area (Å²) in [6.07, 6.45) is 0.784. The topological polar surface area (TPSA) is 58.2 Å². The lowest BCUT2D eigenvalue weighted by Crippen LogP contribution is -2.47. The number of sulfonamides is 1. The van der Waals surface area contributed by atoms with Gasteiger partial charge in [-0.3, -0.25) is 0 Å². The van der Waals surface area contributed by atoms with Gasteiger partial charge in [0.05, 0.1) is 4.90 Å². The number of benzene rings is 1. The molecule has 1 saturated heterocycles. The molecule has 1 aromatic carbocycles. The monoisotopic (exact) mass is 288 g/mol. The summed E-state index contributed by atoms with van der Waals surface area (Å²) in [7, 11) is -3.53. The van der Waals surface area contributed by atoms with Crippen LogP contribution in [0.2, 0.25) is 5.02 Å². The molecule has 1 aliphatic rings.